The molecule has 166 valence electrons. The second-order valence-electron chi connectivity index (χ2n) is 8.19. The number of rotatable bonds is 7. The Morgan fingerprint density at radius 3 is 2.45 bits per heavy atom. The Labute approximate surface area is 193 Å². The minimum absolute atomic E-state index is 0.140. The van der Waals surface area contributed by atoms with E-state index in [1.165, 1.54) is 25.3 Å². The Balaban J connectivity index is 1.84. The fourth-order valence-electron chi connectivity index (χ4n) is 4.36. The molecule has 0 unspecified atom stereocenters. The molecule has 2 aromatic carbocycles. The molecular weight excluding hydrogens is 434 g/mol. The minimum Gasteiger partial charge on any atom is -0.342 e. The molecule has 1 saturated heterocycles. The molecule has 31 heavy (non-hydrogen) atoms. The first-order valence-electron chi connectivity index (χ1n) is 11.1. The Hall–Kier alpha value is -1.82. The molecule has 4 rings (SSSR count). The van der Waals surface area contributed by atoms with Crippen LogP contribution in [0.2, 0.25) is 10.0 Å². The van der Waals surface area contributed by atoms with Crippen LogP contribution in [0.4, 0.5) is 10.3 Å². The molecule has 0 bridgehead atoms. The third-order valence-corrected chi connectivity index (χ3v) is 6.64. The molecule has 4 nitrogen and oxygen atoms in total. The fraction of sp³-hybridized carbons (Fsp3) is 0.458. The van der Waals surface area contributed by atoms with Gasteiger partial charge < -0.3 is 9.47 Å². The van der Waals surface area contributed by atoms with Crippen LogP contribution < -0.4 is 4.90 Å². The van der Waals surface area contributed by atoms with Gasteiger partial charge in [0.15, 0.2) is 0 Å². The van der Waals surface area contributed by atoms with Crippen molar-refractivity contribution < 1.29 is 4.39 Å². The molecule has 0 spiro atoms. The van der Waals surface area contributed by atoms with Crippen molar-refractivity contribution >= 4 is 40.2 Å². The number of fused-ring (bicyclic) bond motifs is 1. The van der Waals surface area contributed by atoms with Crippen LogP contribution in [0.1, 0.15) is 44.2 Å². The molecule has 0 N–H and O–H groups in total. The zero-order valence-electron chi connectivity index (χ0n) is 18.2. The first-order valence-corrected chi connectivity index (χ1v) is 11.9. The number of hydrogen-bond acceptors (Lipinski definition) is 3. The van der Waals surface area contributed by atoms with Crippen LogP contribution in [0.15, 0.2) is 30.3 Å². The maximum atomic E-state index is 13.7. The van der Waals surface area contributed by atoms with E-state index in [2.05, 4.69) is 28.2 Å². The van der Waals surface area contributed by atoms with Crippen LogP contribution in [0.5, 0.6) is 0 Å². The zero-order chi connectivity index (χ0) is 22.0. The molecule has 2 heterocycles. The summed E-state index contributed by atoms with van der Waals surface area (Å²) < 4.78 is 15.9. The molecular formula is C24H29Cl2FN4. The summed E-state index contributed by atoms with van der Waals surface area (Å²) in [6.07, 6.45) is 3.58. The van der Waals surface area contributed by atoms with Crippen LogP contribution >= 0.6 is 23.2 Å². The molecule has 3 aromatic rings. The lowest BCUT2D eigenvalue weighted by Crippen LogP contribution is -2.32. The highest BCUT2D eigenvalue weighted by Gasteiger charge is 2.22. The highest BCUT2D eigenvalue weighted by Crippen LogP contribution is 2.32. The quantitative estimate of drug-likeness (QED) is 0.407. The first-order chi connectivity index (χ1) is 15.0. The Morgan fingerprint density at radius 1 is 1.03 bits per heavy atom. The van der Waals surface area contributed by atoms with E-state index >= 15 is 0 Å². The standard InChI is InChI=1S/C24H29Cl2FN4/c1-3-29(4-2)16-18-13-19(25)14-22-23(18)28-24(30-10-6-5-7-11-30)31(22)15-17-8-9-21(27)20(26)12-17/h8-9,12-14H,3-7,10-11,15-16H2,1-2H3. The number of nitrogens with zero attached hydrogens (tertiary/aromatic N) is 4. The summed E-state index contributed by atoms with van der Waals surface area (Å²) in [5.41, 5.74) is 4.08. The third-order valence-electron chi connectivity index (χ3n) is 6.13. The van der Waals surface area contributed by atoms with Gasteiger partial charge in [0.25, 0.3) is 0 Å². The molecule has 1 aromatic heterocycles. The van der Waals surface area contributed by atoms with Crippen LogP contribution in [0, 0.1) is 5.82 Å². The second-order valence-corrected chi connectivity index (χ2v) is 9.03. The first kappa shape index (κ1) is 22.4. The third kappa shape index (κ3) is 4.84. The van der Waals surface area contributed by atoms with E-state index in [4.69, 9.17) is 28.2 Å². The number of anilines is 1. The maximum absolute atomic E-state index is 13.7. The van der Waals surface area contributed by atoms with Gasteiger partial charge in [-0.25, -0.2) is 9.37 Å². The number of aromatic nitrogens is 2. The predicted molar refractivity (Wildman–Crippen MR) is 128 cm³/mol. The van der Waals surface area contributed by atoms with Crippen molar-refractivity contribution in [2.75, 3.05) is 31.1 Å². The molecule has 0 atom stereocenters. The van der Waals surface area contributed by atoms with Gasteiger partial charge in [0, 0.05) is 24.7 Å². The largest absolute Gasteiger partial charge is 0.342 e. The summed E-state index contributed by atoms with van der Waals surface area (Å²) in [7, 11) is 0. The van der Waals surface area contributed by atoms with Crippen molar-refractivity contribution in [3.05, 3.63) is 57.3 Å². The van der Waals surface area contributed by atoms with Crippen LogP contribution in [-0.4, -0.2) is 40.6 Å². The van der Waals surface area contributed by atoms with Gasteiger partial charge in [0.1, 0.15) is 5.82 Å². The minimum atomic E-state index is -0.401. The van der Waals surface area contributed by atoms with Gasteiger partial charge in [0.2, 0.25) is 5.95 Å². The van der Waals surface area contributed by atoms with E-state index in [1.807, 2.05) is 12.1 Å². The van der Waals surface area contributed by atoms with E-state index in [1.54, 1.807) is 12.1 Å². The van der Waals surface area contributed by atoms with Gasteiger partial charge >= 0.3 is 0 Å². The average Bonchev–Trinajstić information content (AvgIpc) is 3.13. The molecule has 0 amide bonds. The fourth-order valence-corrected chi connectivity index (χ4v) is 4.80. The Bertz CT molecular complexity index is 1060. The summed E-state index contributed by atoms with van der Waals surface area (Å²) in [4.78, 5) is 9.86. The zero-order valence-corrected chi connectivity index (χ0v) is 19.7. The summed E-state index contributed by atoms with van der Waals surface area (Å²) in [6, 6.07) is 8.94. The number of imidazole rings is 1. The monoisotopic (exact) mass is 462 g/mol. The highest BCUT2D eigenvalue weighted by atomic mass is 35.5. The molecule has 0 aliphatic carbocycles. The average molecular weight is 463 g/mol. The number of piperidine rings is 1. The molecule has 1 aliphatic rings. The predicted octanol–water partition coefficient (Wildman–Crippen LogP) is 6.36. The molecule has 1 fully saturated rings. The van der Waals surface area contributed by atoms with Crippen molar-refractivity contribution in [3.8, 4) is 0 Å². The Kier molecular flexibility index (Phi) is 7.05. The van der Waals surface area contributed by atoms with E-state index in [0.29, 0.717) is 11.6 Å². The van der Waals surface area contributed by atoms with Gasteiger partial charge in [-0.05, 0) is 67.7 Å². The van der Waals surface area contributed by atoms with E-state index in [0.717, 1.165) is 60.8 Å². The topological polar surface area (TPSA) is 24.3 Å². The van der Waals surface area contributed by atoms with Crippen LogP contribution in [-0.2, 0) is 13.1 Å². The molecule has 1 aliphatic heterocycles. The normalized spacial score (nSPS) is 14.7. The lowest BCUT2D eigenvalue weighted by molar-refractivity contribution is 0.297. The van der Waals surface area contributed by atoms with Gasteiger partial charge in [-0.1, -0.05) is 43.1 Å². The second kappa shape index (κ2) is 9.76. The summed E-state index contributed by atoms with van der Waals surface area (Å²) in [5, 5.41) is 0.847. The lowest BCUT2D eigenvalue weighted by Gasteiger charge is -2.28. The van der Waals surface area contributed by atoms with Gasteiger partial charge in [-0.3, -0.25) is 4.90 Å². The van der Waals surface area contributed by atoms with Crippen LogP contribution in [0.3, 0.4) is 0 Å². The van der Waals surface area contributed by atoms with E-state index in [9.17, 15) is 4.39 Å². The lowest BCUT2D eigenvalue weighted by atomic mass is 10.1. The van der Waals surface area contributed by atoms with Crippen molar-refractivity contribution in [1.29, 1.82) is 0 Å². The van der Waals surface area contributed by atoms with Crippen molar-refractivity contribution in [2.45, 2.75) is 46.2 Å². The summed E-state index contributed by atoms with van der Waals surface area (Å²) in [5.74, 6) is 0.555. The summed E-state index contributed by atoms with van der Waals surface area (Å²) in [6.45, 7) is 9.63. The van der Waals surface area contributed by atoms with E-state index < -0.39 is 5.82 Å². The molecule has 7 heteroatoms. The van der Waals surface area contributed by atoms with Crippen LogP contribution in [0.25, 0.3) is 11.0 Å². The van der Waals surface area contributed by atoms with E-state index in [-0.39, 0.29) is 5.02 Å². The number of halogens is 3. The number of hydrogen-bond donors (Lipinski definition) is 0. The number of benzene rings is 2. The maximum Gasteiger partial charge on any atom is 0.206 e. The molecule has 0 saturated carbocycles. The SMILES string of the molecule is CCN(CC)Cc1cc(Cl)cc2c1nc(N1CCCCC1)n2Cc1ccc(F)c(Cl)c1. The summed E-state index contributed by atoms with van der Waals surface area (Å²) >= 11 is 12.6. The highest BCUT2D eigenvalue weighted by molar-refractivity contribution is 6.31. The Morgan fingerprint density at radius 2 is 1.77 bits per heavy atom. The molecule has 0 radical (unpaired) electrons. The van der Waals surface area contributed by atoms with Gasteiger partial charge in [0.05, 0.1) is 22.6 Å². The smallest absolute Gasteiger partial charge is 0.206 e. The van der Waals surface area contributed by atoms with Crippen molar-refractivity contribution in [3.63, 3.8) is 0 Å². The van der Waals surface area contributed by atoms with Gasteiger partial charge in [-0.15, -0.1) is 0 Å². The van der Waals surface area contributed by atoms with Gasteiger partial charge in [-0.2, -0.15) is 0 Å². The van der Waals surface area contributed by atoms with Crippen molar-refractivity contribution in [1.82, 2.24) is 14.5 Å². The van der Waals surface area contributed by atoms with Crippen molar-refractivity contribution in [2.24, 2.45) is 0 Å².